The minimum Gasteiger partial charge on any atom is -0.481 e. The van der Waals surface area contributed by atoms with E-state index < -0.39 is 29.7 Å². The van der Waals surface area contributed by atoms with Crippen LogP contribution >= 0.6 is 0 Å². The molecule has 0 heterocycles. The van der Waals surface area contributed by atoms with E-state index in [9.17, 15) is 22.8 Å². The quantitative estimate of drug-likeness (QED) is 0.463. The van der Waals surface area contributed by atoms with Crippen molar-refractivity contribution in [1.82, 2.24) is 0 Å². The van der Waals surface area contributed by atoms with E-state index in [0.29, 0.717) is 11.4 Å². The maximum atomic E-state index is 12.9. The van der Waals surface area contributed by atoms with Crippen LogP contribution in [0.4, 0.5) is 24.5 Å². The molecular weight excluding hydrogens is 433 g/mol. The van der Waals surface area contributed by atoms with E-state index in [4.69, 9.17) is 4.74 Å². The van der Waals surface area contributed by atoms with Gasteiger partial charge in [0.05, 0.1) is 5.56 Å². The summed E-state index contributed by atoms with van der Waals surface area (Å²) in [5.74, 6) is -0.459. The van der Waals surface area contributed by atoms with Crippen LogP contribution in [-0.2, 0) is 17.4 Å². The van der Waals surface area contributed by atoms with Crippen LogP contribution in [0, 0.1) is 0 Å². The van der Waals surface area contributed by atoms with Crippen molar-refractivity contribution < 1.29 is 27.5 Å². The van der Waals surface area contributed by atoms with E-state index >= 15 is 0 Å². The van der Waals surface area contributed by atoms with Crippen LogP contribution in [-0.4, -0.2) is 17.9 Å². The van der Waals surface area contributed by atoms with Crippen molar-refractivity contribution in [1.29, 1.82) is 0 Å². The maximum Gasteiger partial charge on any atom is 0.416 e. The lowest BCUT2D eigenvalue weighted by Crippen LogP contribution is -2.30. The molecule has 33 heavy (non-hydrogen) atoms. The van der Waals surface area contributed by atoms with Crippen molar-refractivity contribution in [2.75, 3.05) is 10.6 Å². The molecule has 2 amide bonds. The molecule has 0 spiro atoms. The molecule has 0 aromatic heterocycles. The summed E-state index contributed by atoms with van der Waals surface area (Å²) in [6.07, 6.45) is -4.41. The molecule has 5 nitrogen and oxygen atoms in total. The number of hydrogen-bond donors (Lipinski definition) is 2. The molecule has 8 heteroatoms. The molecule has 0 radical (unpaired) electrons. The summed E-state index contributed by atoms with van der Waals surface area (Å²) in [7, 11) is 0. The van der Waals surface area contributed by atoms with Crippen LogP contribution in [0.2, 0.25) is 0 Å². The molecule has 3 aromatic rings. The van der Waals surface area contributed by atoms with Crippen molar-refractivity contribution in [2.45, 2.75) is 32.5 Å². The SMILES string of the molecule is CCc1ccc(OC(C)C(=O)Nc2cccc(C(=O)Nc3cccc(C(F)(F)F)c3)c2)cc1. The van der Waals surface area contributed by atoms with Crippen molar-refractivity contribution in [3.8, 4) is 5.75 Å². The summed E-state index contributed by atoms with van der Waals surface area (Å²) in [5, 5.41) is 5.12. The molecule has 1 atom stereocenters. The molecule has 0 aliphatic carbocycles. The predicted octanol–water partition coefficient (Wildman–Crippen LogP) is 5.93. The number of anilines is 2. The zero-order chi connectivity index (χ0) is 24.0. The fourth-order valence-electron chi connectivity index (χ4n) is 3.02. The van der Waals surface area contributed by atoms with Crippen LogP contribution in [0.5, 0.6) is 5.75 Å². The highest BCUT2D eigenvalue weighted by atomic mass is 19.4. The normalized spacial score (nSPS) is 12.0. The summed E-state index contributed by atoms with van der Waals surface area (Å²) in [6, 6.07) is 17.9. The fourth-order valence-corrected chi connectivity index (χ4v) is 3.02. The monoisotopic (exact) mass is 456 g/mol. The fraction of sp³-hybridized carbons (Fsp3) is 0.200. The van der Waals surface area contributed by atoms with Gasteiger partial charge in [0, 0.05) is 16.9 Å². The number of rotatable bonds is 7. The number of carbonyl (C=O) groups is 2. The zero-order valence-corrected chi connectivity index (χ0v) is 18.1. The number of carbonyl (C=O) groups excluding carboxylic acids is 2. The number of ether oxygens (including phenoxy) is 1. The van der Waals surface area contributed by atoms with E-state index in [1.807, 2.05) is 19.1 Å². The topological polar surface area (TPSA) is 67.4 Å². The average molecular weight is 456 g/mol. The van der Waals surface area contributed by atoms with Gasteiger partial charge in [0.1, 0.15) is 5.75 Å². The van der Waals surface area contributed by atoms with Crippen LogP contribution in [0.1, 0.15) is 35.3 Å². The second kappa shape index (κ2) is 10.2. The Kier molecular flexibility index (Phi) is 7.37. The number of benzene rings is 3. The molecular formula is C25H23F3N2O3. The van der Waals surface area contributed by atoms with Gasteiger partial charge in [-0.05, 0) is 67.4 Å². The molecule has 0 saturated heterocycles. The first-order chi connectivity index (χ1) is 15.7. The molecule has 1 unspecified atom stereocenters. The Hall–Kier alpha value is -3.81. The van der Waals surface area contributed by atoms with Gasteiger partial charge in [-0.3, -0.25) is 9.59 Å². The predicted molar refractivity (Wildman–Crippen MR) is 120 cm³/mol. The van der Waals surface area contributed by atoms with Gasteiger partial charge in [0.2, 0.25) is 0 Å². The Labute approximate surface area is 189 Å². The zero-order valence-electron chi connectivity index (χ0n) is 18.1. The minimum atomic E-state index is -4.51. The number of halogens is 3. The third-order valence-electron chi connectivity index (χ3n) is 4.85. The lowest BCUT2D eigenvalue weighted by molar-refractivity contribution is -0.137. The van der Waals surface area contributed by atoms with E-state index in [1.165, 1.54) is 24.3 Å². The van der Waals surface area contributed by atoms with Gasteiger partial charge in [-0.15, -0.1) is 0 Å². The van der Waals surface area contributed by atoms with Crippen molar-refractivity contribution in [2.24, 2.45) is 0 Å². The number of nitrogens with one attached hydrogen (secondary N) is 2. The molecule has 0 saturated carbocycles. The van der Waals surface area contributed by atoms with E-state index in [0.717, 1.165) is 24.1 Å². The number of alkyl halides is 3. The molecule has 172 valence electrons. The summed E-state index contributed by atoms with van der Waals surface area (Å²) < 4.78 is 44.3. The lowest BCUT2D eigenvalue weighted by atomic mass is 10.1. The minimum absolute atomic E-state index is 0.0142. The summed E-state index contributed by atoms with van der Waals surface area (Å²) in [5.41, 5.74) is 0.835. The van der Waals surface area contributed by atoms with E-state index in [-0.39, 0.29) is 11.3 Å². The van der Waals surface area contributed by atoms with Gasteiger partial charge in [0.15, 0.2) is 6.10 Å². The van der Waals surface area contributed by atoms with Gasteiger partial charge in [0.25, 0.3) is 11.8 Å². The summed E-state index contributed by atoms with van der Waals surface area (Å²) >= 11 is 0. The first-order valence-electron chi connectivity index (χ1n) is 10.3. The molecule has 0 aliphatic rings. The second-order valence-corrected chi connectivity index (χ2v) is 7.36. The second-order valence-electron chi connectivity index (χ2n) is 7.36. The third-order valence-corrected chi connectivity index (χ3v) is 4.85. The Morgan fingerprint density at radius 1 is 0.909 bits per heavy atom. The Morgan fingerprint density at radius 2 is 1.55 bits per heavy atom. The number of aryl methyl sites for hydroxylation is 1. The van der Waals surface area contributed by atoms with E-state index in [2.05, 4.69) is 10.6 Å². The van der Waals surface area contributed by atoms with Gasteiger partial charge in [-0.1, -0.05) is 31.2 Å². The van der Waals surface area contributed by atoms with Crippen molar-refractivity contribution in [3.63, 3.8) is 0 Å². The molecule has 0 bridgehead atoms. The largest absolute Gasteiger partial charge is 0.481 e. The summed E-state index contributed by atoms with van der Waals surface area (Å²) in [4.78, 5) is 25.0. The number of hydrogen-bond acceptors (Lipinski definition) is 3. The standard InChI is InChI=1S/C25H23F3N2O3/c1-3-17-10-12-22(13-11-17)33-16(2)23(31)29-20-8-4-6-18(14-20)24(32)30-21-9-5-7-19(15-21)25(26,27)28/h4-16H,3H2,1-2H3,(H,29,31)(H,30,32). The van der Waals surface area contributed by atoms with Crippen LogP contribution in [0.3, 0.4) is 0 Å². The maximum absolute atomic E-state index is 12.9. The first kappa shape index (κ1) is 23.8. The molecule has 0 fully saturated rings. The van der Waals surface area contributed by atoms with Gasteiger partial charge in [-0.25, -0.2) is 0 Å². The first-order valence-corrected chi connectivity index (χ1v) is 10.3. The van der Waals surface area contributed by atoms with Gasteiger partial charge < -0.3 is 15.4 Å². The Bertz CT molecular complexity index is 1130. The Balaban J connectivity index is 1.63. The Morgan fingerprint density at radius 3 is 2.18 bits per heavy atom. The lowest BCUT2D eigenvalue weighted by Gasteiger charge is -2.15. The molecule has 0 aliphatic heterocycles. The van der Waals surface area contributed by atoms with Crippen LogP contribution in [0.15, 0.2) is 72.8 Å². The highest BCUT2D eigenvalue weighted by molar-refractivity contribution is 6.05. The van der Waals surface area contributed by atoms with Crippen LogP contribution < -0.4 is 15.4 Å². The smallest absolute Gasteiger partial charge is 0.416 e. The van der Waals surface area contributed by atoms with E-state index in [1.54, 1.807) is 31.2 Å². The highest BCUT2D eigenvalue weighted by Gasteiger charge is 2.30. The highest BCUT2D eigenvalue weighted by Crippen LogP contribution is 2.30. The molecule has 3 rings (SSSR count). The molecule has 3 aromatic carbocycles. The molecule has 2 N–H and O–H groups in total. The van der Waals surface area contributed by atoms with Gasteiger partial charge >= 0.3 is 6.18 Å². The average Bonchev–Trinajstić information content (AvgIpc) is 2.79. The number of amides is 2. The third kappa shape index (κ3) is 6.58. The van der Waals surface area contributed by atoms with Crippen molar-refractivity contribution in [3.05, 3.63) is 89.5 Å². The summed E-state index contributed by atoms with van der Waals surface area (Å²) in [6.45, 7) is 3.65. The van der Waals surface area contributed by atoms with Gasteiger partial charge in [-0.2, -0.15) is 13.2 Å². The van der Waals surface area contributed by atoms with Crippen molar-refractivity contribution >= 4 is 23.2 Å². The van der Waals surface area contributed by atoms with Crippen LogP contribution in [0.25, 0.3) is 0 Å².